The van der Waals surface area contributed by atoms with E-state index in [2.05, 4.69) is 32.7 Å². The van der Waals surface area contributed by atoms with E-state index in [1.165, 1.54) is 0 Å². The fourth-order valence-electron chi connectivity index (χ4n) is 2.53. The molecule has 0 amide bonds. The summed E-state index contributed by atoms with van der Waals surface area (Å²) >= 11 is 6.34. The molecule has 1 aliphatic heterocycles. The zero-order chi connectivity index (χ0) is 14.7. The van der Waals surface area contributed by atoms with Gasteiger partial charge in [0, 0.05) is 16.7 Å². The Morgan fingerprint density at radius 1 is 1.15 bits per heavy atom. The normalized spacial score (nSPS) is 20.8. The van der Waals surface area contributed by atoms with Crippen molar-refractivity contribution in [1.29, 1.82) is 0 Å². The van der Waals surface area contributed by atoms with Crippen LogP contribution in [0.15, 0.2) is 18.3 Å². The highest BCUT2D eigenvalue weighted by Crippen LogP contribution is 2.37. The summed E-state index contributed by atoms with van der Waals surface area (Å²) < 4.78 is 12.3. The number of aryl methyl sites for hydroxylation is 1. The van der Waals surface area contributed by atoms with Gasteiger partial charge >= 0.3 is 7.12 Å². The molecule has 1 fully saturated rings. The van der Waals surface area contributed by atoms with Crippen molar-refractivity contribution in [3.05, 3.63) is 28.9 Å². The van der Waals surface area contributed by atoms with Gasteiger partial charge in [0.2, 0.25) is 0 Å². The first kappa shape index (κ1) is 14.0. The molecule has 1 aliphatic rings. The van der Waals surface area contributed by atoms with Gasteiger partial charge in [-0.3, -0.25) is 0 Å². The fourth-order valence-corrected chi connectivity index (χ4v) is 2.74. The van der Waals surface area contributed by atoms with E-state index in [4.69, 9.17) is 20.9 Å². The van der Waals surface area contributed by atoms with Crippen LogP contribution in [0.3, 0.4) is 0 Å². The van der Waals surface area contributed by atoms with Crippen molar-refractivity contribution in [2.24, 2.45) is 0 Å². The zero-order valence-corrected chi connectivity index (χ0v) is 13.3. The Balaban J connectivity index is 2.13. The van der Waals surface area contributed by atoms with Crippen LogP contribution in [0, 0.1) is 6.92 Å². The third kappa shape index (κ3) is 1.90. The topological polar surface area (TPSA) is 34.2 Å². The standard InChI is InChI=1S/C15H19BClNO2/c1-9-12(17)8-11(10-6-7-18-13(9)10)16-19-14(2,3)15(4,5)20-16/h6-8,18H,1-5H3. The van der Waals surface area contributed by atoms with Gasteiger partial charge in [0.1, 0.15) is 0 Å². The maximum atomic E-state index is 6.34. The lowest BCUT2D eigenvalue weighted by atomic mass is 9.76. The molecule has 1 saturated heterocycles. The third-order valence-corrected chi connectivity index (χ3v) is 4.97. The lowest BCUT2D eigenvalue weighted by molar-refractivity contribution is 0.00578. The monoisotopic (exact) mass is 291 g/mol. The Morgan fingerprint density at radius 2 is 1.75 bits per heavy atom. The number of benzene rings is 1. The second-order valence-electron chi connectivity index (χ2n) is 6.43. The van der Waals surface area contributed by atoms with Crippen molar-refractivity contribution in [2.45, 2.75) is 45.8 Å². The van der Waals surface area contributed by atoms with Crippen molar-refractivity contribution in [3.8, 4) is 0 Å². The first-order valence-electron chi connectivity index (χ1n) is 6.85. The number of aromatic nitrogens is 1. The van der Waals surface area contributed by atoms with E-state index >= 15 is 0 Å². The van der Waals surface area contributed by atoms with E-state index in [1.807, 2.05) is 25.3 Å². The summed E-state index contributed by atoms with van der Waals surface area (Å²) in [5.74, 6) is 0. The van der Waals surface area contributed by atoms with Crippen LogP contribution in [-0.4, -0.2) is 23.3 Å². The molecule has 2 aromatic rings. The molecule has 0 unspecified atom stereocenters. The number of hydrogen-bond donors (Lipinski definition) is 1. The van der Waals surface area contributed by atoms with Gasteiger partial charge in [-0.15, -0.1) is 0 Å². The average Bonchev–Trinajstić information content (AvgIpc) is 2.88. The van der Waals surface area contributed by atoms with Crippen LogP contribution < -0.4 is 5.46 Å². The van der Waals surface area contributed by atoms with Crippen LogP contribution in [0.1, 0.15) is 33.3 Å². The summed E-state index contributed by atoms with van der Waals surface area (Å²) in [5, 5.41) is 1.83. The molecule has 1 aromatic carbocycles. The van der Waals surface area contributed by atoms with E-state index in [0.717, 1.165) is 27.0 Å². The maximum Gasteiger partial charge on any atom is 0.495 e. The molecule has 0 bridgehead atoms. The predicted octanol–water partition coefficient (Wildman–Crippen LogP) is 3.43. The van der Waals surface area contributed by atoms with Crippen molar-refractivity contribution in [2.75, 3.05) is 0 Å². The highest BCUT2D eigenvalue weighted by atomic mass is 35.5. The van der Waals surface area contributed by atoms with E-state index in [1.54, 1.807) is 0 Å². The van der Waals surface area contributed by atoms with Gasteiger partial charge in [-0.1, -0.05) is 11.6 Å². The highest BCUT2D eigenvalue weighted by molar-refractivity contribution is 6.65. The molecule has 106 valence electrons. The molecule has 3 rings (SSSR count). The number of rotatable bonds is 1. The van der Waals surface area contributed by atoms with E-state index in [-0.39, 0.29) is 11.2 Å². The van der Waals surface area contributed by atoms with E-state index in [9.17, 15) is 0 Å². The number of halogens is 1. The smallest absolute Gasteiger partial charge is 0.399 e. The molecule has 1 aromatic heterocycles. The van der Waals surface area contributed by atoms with Gasteiger partial charge in [-0.05, 0) is 63.2 Å². The summed E-state index contributed by atoms with van der Waals surface area (Å²) in [6.45, 7) is 10.2. The molecule has 5 heteroatoms. The molecule has 3 nitrogen and oxygen atoms in total. The molecule has 20 heavy (non-hydrogen) atoms. The molecule has 0 aliphatic carbocycles. The molecule has 0 radical (unpaired) electrons. The quantitative estimate of drug-likeness (QED) is 0.817. The van der Waals surface area contributed by atoms with E-state index < -0.39 is 7.12 Å². The van der Waals surface area contributed by atoms with Gasteiger partial charge in [0.15, 0.2) is 0 Å². The van der Waals surface area contributed by atoms with Crippen LogP contribution in [0.5, 0.6) is 0 Å². The van der Waals surface area contributed by atoms with Crippen LogP contribution in [-0.2, 0) is 9.31 Å². The highest BCUT2D eigenvalue weighted by Gasteiger charge is 2.52. The third-order valence-electron chi connectivity index (χ3n) is 4.58. The molecular weight excluding hydrogens is 272 g/mol. The number of nitrogens with one attached hydrogen (secondary N) is 1. The predicted molar refractivity (Wildman–Crippen MR) is 83.8 cm³/mol. The Kier molecular flexibility index (Phi) is 2.98. The first-order valence-corrected chi connectivity index (χ1v) is 7.22. The van der Waals surface area contributed by atoms with Crippen LogP contribution in [0.2, 0.25) is 5.02 Å². The first-order chi connectivity index (χ1) is 9.23. The van der Waals surface area contributed by atoms with Crippen LogP contribution in [0.4, 0.5) is 0 Å². The Labute approximate surface area is 124 Å². The number of H-pyrrole nitrogens is 1. The minimum Gasteiger partial charge on any atom is -0.399 e. The Bertz CT molecular complexity index is 662. The molecule has 0 spiro atoms. The Morgan fingerprint density at radius 3 is 2.35 bits per heavy atom. The lowest BCUT2D eigenvalue weighted by Crippen LogP contribution is -2.41. The molecule has 0 atom stereocenters. The summed E-state index contributed by atoms with van der Waals surface area (Å²) in [6, 6.07) is 3.99. The van der Waals surface area contributed by atoms with Gasteiger partial charge in [0.25, 0.3) is 0 Å². The summed E-state index contributed by atoms with van der Waals surface area (Å²) in [6.07, 6.45) is 1.92. The zero-order valence-electron chi connectivity index (χ0n) is 12.5. The van der Waals surface area contributed by atoms with Crippen LogP contribution >= 0.6 is 11.6 Å². The number of hydrogen-bond acceptors (Lipinski definition) is 2. The molecule has 0 saturated carbocycles. The van der Waals surface area contributed by atoms with Crippen LogP contribution in [0.25, 0.3) is 10.9 Å². The molecule has 1 N–H and O–H groups in total. The van der Waals surface area contributed by atoms with Gasteiger partial charge in [0.05, 0.1) is 11.2 Å². The van der Waals surface area contributed by atoms with Crippen molar-refractivity contribution < 1.29 is 9.31 Å². The van der Waals surface area contributed by atoms with Gasteiger partial charge in [-0.25, -0.2) is 0 Å². The second-order valence-corrected chi connectivity index (χ2v) is 6.83. The number of aromatic amines is 1. The lowest BCUT2D eigenvalue weighted by Gasteiger charge is -2.32. The average molecular weight is 292 g/mol. The van der Waals surface area contributed by atoms with Gasteiger partial charge in [-0.2, -0.15) is 0 Å². The minimum atomic E-state index is -0.392. The molecular formula is C15H19BClNO2. The SMILES string of the molecule is Cc1c(Cl)cc(B2OC(C)(C)C(C)(C)O2)c2cc[nH]c12. The minimum absolute atomic E-state index is 0.350. The molecule has 2 heterocycles. The van der Waals surface area contributed by atoms with Crippen molar-refractivity contribution >= 4 is 35.1 Å². The van der Waals surface area contributed by atoms with Gasteiger partial charge < -0.3 is 14.3 Å². The summed E-state index contributed by atoms with van der Waals surface area (Å²) in [4.78, 5) is 3.24. The Hall–Kier alpha value is -0.965. The largest absolute Gasteiger partial charge is 0.495 e. The summed E-state index contributed by atoms with van der Waals surface area (Å²) in [7, 11) is -0.392. The van der Waals surface area contributed by atoms with E-state index in [0.29, 0.717) is 0 Å². The van der Waals surface area contributed by atoms with Crippen molar-refractivity contribution in [3.63, 3.8) is 0 Å². The summed E-state index contributed by atoms with van der Waals surface area (Å²) in [5.41, 5.74) is 2.37. The van der Waals surface area contributed by atoms with Crippen molar-refractivity contribution in [1.82, 2.24) is 4.98 Å². The maximum absolute atomic E-state index is 6.34. The number of fused-ring (bicyclic) bond motifs is 1. The fraction of sp³-hybridized carbons (Fsp3) is 0.467. The second kappa shape index (κ2) is 4.26.